The van der Waals surface area contributed by atoms with Gasteiger partial charge in [0.25, 0.3) is 0 Å². The number of hydrogen-bond acceptors (Lipinski definition) is 3. The van der Waals surface area contributed by atoms with E-state index in [1.165, 1.54) is 37.0 Å². The fraction of sp³-hybridized carbons (Fsp3) is 0.609. The summed E-state index contributed by atoms with van der Waals surface area (Å²) in [4.78, 5) is 19.8. The Kier molecular flexibility index (Phi) is 6.30. The summed E-state index contributed by atoms with van der Waals surface area (Å²) in [6, 6.07) is 7.29. The summed E-state index contributed by atoms with van der Waals surface area (Å²) in [5.74, 6) is 0.140. The first-order chi connectivity index (χ1) is 13.7. The third-order valence-electron chi connectivity index (χ3n) is 6.53. The summed E-state index contributed by atoms with van der Waals surface area (Å²) in [7, 11) is 0. The van der Waals surface area contributed by atoms with Crippen molar-refractivity contribution < 1.29 is 9.18 Å². The molecule has 4 nitrogen and oxygen atoms in total. The lowest BCUT2D eigenvalue weighted by Crippen LogP contribution is -2.55. The van der Waals surface area contributed by atoms with E-state index < -0.39 is 0 Å². The van der Waals surface area contributed by atoms with Gasteiger partial charge in [-0.3, -0.25) is 9.69 Å². The van der Waals surface area contributed by atoms with E-state index in [4.69, 9.17) is 0 Å². The van der Waals surface area contributed by atoms with Crippen molar-refractivity contribution in [3.8, 4) is 0 Å². The molecule has 1 unspecified atom stereocenters. The van der Waals surface area contributed by atoms with E-state index >= 15 is 0 Å². The minimum atomic E-state index is -0.182. The lowest BCUT2D eigenvalue weighted by atomic mass is 9.96. The minimum Gasteiger partial charge on any atom is -0.369 e. The number of likely N-dealkylation sites (tertiary alicyclic amines) is 1. The van der Waals surface area contributed by atoms with Crippen LogP contribution in [0.4, 0.5) is 10.1 Å². The van der Waals surface area contributed by atoms with Crippen LogP contribution in [0.15, 0.2) is 35.9 Å². The van der Waals surface area contributed by atoms with Gasteiger partial charge in [0, 0.05) is 57.4 Å². The highest BCUT2D eigenvalue weighted by atomic mass is 19.1. The van der Waals surface area contributed by atoms with Crippen LogP contribution >= 0.6 is 0 Å². The fourth-order valence-electron chi connectivity index (χ4n) is 4.85. The van der Waals surface area contributed by atoms with E-state index in [9.17, 15) is 9.18 Å². The molecule has 1 aromatic carbocycles. The first-order valence-electron chi connectivity index (χ1n) is 10.9. The number of allylic oxidation sites excluding steroid dienone is 1. The van der Waals surface area contributed by atoms with Gasteiger partial charge in [0.15, 0.2) is 0 Å². The van der Waals surface area contributed by atoms with E-state index in [0.717, 1.165) is 64.2 Å². The second-order valence-corrected chi connectivity index (χ2v) is 8.42. The molecule has 0 N–H and O–H groups in total. The number of hydrogen-bond donors (Lipinski definition) is 0. The number of anilines is 1. The number of piperazine rings is 1. The van der Waals surface area contributed by atoms with Gasteiger partial charge in [-0.05, 0) is 62.8 Å². The topological polar surface area (TPSA) is 26.8 Å². The number of piperidine rings is 1. The molecule has 3 aliphatic rings. The molecule has 0 bridgehead atoms. The molecule has 4 rings (SSSR count). The van der Waals surface area contributed by atoms with Gasteiger partial charge in [-0.2, -0.15) is 0 Å². The van der Waals surface area contributed by atoms with Gasteiger partial charge in [-0.1, -0.05) is 11.6 Å². The van der Waals surface area contributed by atoms with Crippen molar-refractivity contribution in [2.75, 3.05) is 44.2 Å². The smallest absolute Gasteiger partial charge is 0.226 e. The molecule has 152 valence electrons. The van der Waals surface area contributed by atoms with Crippen molar-refractivity contribution in [3.63, 3.8) is 0 Å². The number of benzene rings is 1. The maximum absolute atomic E-state index is 13.1. The van der Waals surface area contributed by atoms with Gasteiger partial charge in [0.2, 0.25) is 5.91 Å². The number of amides is 1. The average Bonchev–Trinajstić information content (AvgIpc) is 2.75. The number of nitrogens with zero attached hydrogens (tertiary/aromatic N) is 3. The molecule has 2 aliphatic heterocycles. The standard InChI is InChI=1S/C23H32FN3O/c24-20-8-10-21(11-9-20)25-13-15-26(16-14-25)22-7-4-12-27(18-22)23(28)17-19-5-2-1-3-6-19/h5,8-11,22H,1-4,6-7,12-18H2. The van der Waals surface area contributed by atoms with Crippen molar-refractivity contribution in [2.45, 2.75) is 51.0 Å². The Morgan fingerprint density at radius 1 is 1.00 bits per heavy atom. The van der Waals surface area contributed by atoms with Crippen LogP contribution in [0.1, 0.15) is 44.9 Å². The molecular formula is C23H32FN3O. The Morgan fingerprint density at radius 2 is 1.79 bits per heavy atom. The molecule has 0 radical (unpaired) electrons. The maximum atomic E-state index is 13.1. The Bertz CT molecular complexity index is 694. The second kappa shape index (κ2) is 9.08. The highest BCUT2D eigenvalue weighted by Crippen LogP contribution is 2.24. The molecule has 1 aromatic rings. The Morgan fingerprint density at radius 3 is 2.50 bits per heavy atom. The lowest BCUT2D eigenvalue weighted by molar-refractivity contribution is -0.132. The van der Waals surface area contributed by atoms with Crippen LogP contribution in [0.5, 0.6) is 0 Å². The van der Waals surface area contributed by atoms with Gasteiger partial charge >= 0.3 is 0 Å². The molecule has 1 amide bonds. The van der Waals surface area contributed by atoms with Crippen molar-refractivity contribution in [3.05, 3.63) is 41.7 Å². The summed E-state index contributed by atoms with van der Waals surface area (Å²) in [5, 5.41) is 0. The Hall–Kier alpha value is -1.88. The highest BCUT2D eigenvalue weighted by molar-refractivity contribution is 5.79. The number of carbonyl (C=O) groups excluding carboxylic acids is 1. The molecule has 5 heteroatoms. The predicted molar refractivity (Wildman–Crippen MR) is 111 cm³/mol. The summed E-state index contributed by atoms with van der Waals surface area (Å²) in [5.41, 5.74) is 2.45. The van der Waals surface area contributed by atoms with E-state index in [0.29, 0.717) is 18.4 Å². The first-order valence-corrected chi connectivity index (χ1v) is 10.9. The van der Waals surface area contributed by atoms with Crippen LogP contribution in [0, 0.1) is 5.82 Å². The molecule has 1 aliphatic carbocycles. The number of rotatable bonds is 4. The monoisotopic (exact) mass is 385 g/mol. The van der Waals surface area contributed by atoms with Crippen LogP contribution in [0.25, 0.3) is 0 Å². The van der Waals surface area contributed by atoms with Crippen LogP contribution < -0.4 is 4.90 Å². The number of carbonyl (C=O) groups is 1. The summed E-state index contributed by atoms with van der Waals surface area (Å²) in [6.45, 7) is 5.73. The largest absolute Gasteiger partial charge is 0.369 e. The third-order valence-corrected chi connectivity index (χ3v) is 6.53. The van der Waals surface area contributed by atoms with Gasteiger partial charge in [-0.25, -0.2) is 4.39 Å². The van der Waals surface area contributed by atoms with Crippen LogP contribution in [0.2, 0.25) is 0 Å². The zero-order valence-electron chi connectivity index (χ0n) is 16.8. The van der Waals surface area contributed by atoms with Crippen molar-refractivity contribution in [1.82, 2.24) is 9.80 Å². The van der Waals surface area contributed by atoms with Crippen molar-refractivity contribution in [2.24, 2.45) is 0 Å². The molecule has 1 atom stereocenters. The molecule has 0 saturated carbocycles. The van der Waals surface area contributed by atoms with E-state index in [-0.39, 0.29) is 5.82 Å². The molecule has 2 fully saturated rings. The zero-order valence-corrected chi connectivity index (χ0v) is 16.8. The van der Waals surface area contributed by atoms with Gasteiger partial charge in [0.05, 0.1) is 0 Å². The summed E-state index contributed by atoms with van der Waals surface area (Å²) >= 11 is 0. The van der Waals surface area contributed by atoms with E-state index in [1.54, 1.807) is 0 Å². The van der Waals surface area contributed by atoms with Crippen LogP contribution in [-0.4, -0.2) is 61.0 Å². The number of halogens is 1. The molecule has 2 heterocycles. The maximum Gasteiger partial charge on any atom is 0.226 e. The molecule has 0 spiro atoms. The Balaban J connectivity index is 1.28. The van der Waals surface area contributed by atoms with Crippen molar-refractivity contribution >= 4 is 11.6 Å². The quantitative estimate of drug-likeness (QED) is 0.737. The third kappa shape index (κ3) is 4.75. The molecular weight excluding hydrogens is 353 g/mol. The summed E-state index contributed by atoms with van der Waals surface area (Å²) in [6.07, 6.45) is 9.96. The van der Waals surface area contributed by atoms with E-state index in [1.807, 2.05) is 12.1 Å². The molecule has 28 heavy (non-hydrogen) atoms. The van der Waals surface area contributed by atoms with Gasteiger partial charge < -0.3 is 9.80 Å². The summed E-state index contributed by atoms with van der Waals surface area (Å²) < 4.78 is 13.1. The van der Waals surface area contributed by atoms with Crippen molar-refractivity contribution in [1.29, 1.82) is 0 Å². The van der Waals surface area contributed by atoms with Crippen LogP contribution in [0.3, 0.4) is 0 Å². The lowest BCUT2D eigenvalue weighted by Gasteiger charge is -2.44. The average molecular weight is 386 g/mol. The van der Waals surface area contributed by atoms with E-state index in [2.05, 4.69) is 20.8 Å². The second-order valence-electron chi connectivity index (χ2n) is 8.42. The first kappa shape index (κ1) is 19.4. The SMILES string of the molecule is O=C(CC1=CCCCC1)N1CCCC(N2CCN(c3ccc(F)cc3)CC2)C1. The minimum absolute atomic E-state index is 0.182. The molecule has 0 aromatic heterocycles. The van der Waals surface area contributed by atoms with Gasteiger partial charge in [-0.15, -0.1) is 0 Å². The normalized spacial score (nSPS) is 24.2. The van der Waals surface area contributed by atoms with Gasteiger partial charge in [0.1, 0.15) is 5.82 Å². The Labute approximate surface area is 168 Å². The fourth-order valence-corrected chi connectivity index (χ4v) is 4.85. The zero-order chi connectivity index (χ0) is 19.3. The highest BCUT2D eigenvalue weighted by Gasteiger charge is 2.30. The molecule has 2 saturated heterocycles. The predicted octanol–water partition coefficient (Wildman–Crippen LogP) is 3.83. The van der Waals surface area contributed by atoms with Crippen LogP contribution in [-0.2, 0) is 4.79 Å².